The highest BCUT2D eigenvalue weighted by molar-refractivity contribution is 5.78. The normalized spacial score (nSPS) is 10.1. The SMILES string of the molecule is CCCC(=O)CCc1ccc(N)cc1. The number of ketones is 1. The van der Waals surface area contributed by atoms with E-state index < -0.39 is 0 Å². The van der Waals surface area contributed by atoms with Gasteiger partial charge in [-0.1, -0.05) is 19.1 Å². The fraction of sp³-hybridized carbons (Fsp3) is 0.417. The van der Waals surface area contributed by atoms with Crippen molar-refractivity contribution in [2.24, 2.45) is 0 Å². The van der Waals surface area contributed by atoms with Gasteiger partial charge in [-0.3, -0.25) is 4.79 Å². The minimum Gasteiger partial charge on any atom is -0.399 e. The molecule has 0 bridgehead atoms. The van der Waals surface area contributed by atoms with Crippen LogP contribution < -0.4 is 5.73 Å². The van der Waals surface area contributed by atoms with Crippen LogP contribution in [-0.2, 0) is 11.2 Å². The molecule has 0 aliphatic heterocycles. The van der Waals surface area contributed by atoms with Gasteiger partial charge in [-0.05, 0) is 30.5 Å². The summed E-state index contributed by atoms with van der Waals surface area (Å²) < 4.78 is 0. The zero-order chi connectivity index (χ0) is 10.4. The number of Topliss-reactive ketones (excluding diaryl/α,β-unsaturated/α-hetero) is 1. The van der Waals surface area contributed by atoms with Gasteiger partial charge in [0.2, 0.25) is 0 Å². The lowest BCUT2D eigenvalue weighted by Gasteiger charge is -2.00. The Morgan fingerprint density at radius 2 is 1.86 bits per heavy atom. The fourth-order valence-electron chi connectivity index (χ4n) is 1.37. The van der Waals surface area contributed by atoms with Crippen LogP contribution in [0.1, 0.15) is 31.7 Å². The Balaban J connectivity index is 2.38. The van der Waals surface area contributed by atoms with Crippen LogP contribution in [0.5, 0.6) is 0 Å². The van der Waals surface area contributed by atoms with E-state index in [-0.39, 0.29) is 0 Å². The predicted octanol–water partition coefficient (Wildman–Crippen LogP) is 2.57. The van der Waals surface area contributed by atoms with E-state index >= 15 is 0 Å². The smallest absolute Gasteiger partial charge is 0.133 e. The van der Waals surface area contributed by atoms with Crippen molar-refractivity contribution in [2.45, 2.75) is 32.6 Å². The molecule has 2 heteroatoms. The number of carbonyl (C=O) groups is 1. The zero-order valence-corrected chi connectivity index (χ0v) is 8.62. The molecule has 0 aliphatic rings. The van der Waals surface area contributed by atoms with Crippen molar-refractivity contribution >= 4 is 11.5 Å². The van der Waals surface area contributed by atoms with Crippen molar-refractivity contribution in [3.05, 3.63) is 29.8 Å². The van der Waals surface area contributed by atoms with Crippen LogP contribution in [0.3, 0.4) is 0 Å². The summed E-state index contributed by atoms with van der Waals surface area (Å²) in [5.41, 5.74) is 7.52. The maximum absolute atomic E-state index is 11.3. The maximum atomic E-state index is 11.3. The monoisotopic (exact) mass is 191 g/mol. The van der Waals surface area contributed by atoms with Crippen molar-refractivity contribution in [1.29, 1.82) is 0 Å². The van der Waals surface area contributed by atoms with Crippen molar-refractivity contribution in [1.82, 2.24) is 0 Å². The van der Waals surface area contributed by atoms with Gasteiger partial charge in [0.1, 0.15) is 5.78 Å². The molecule has 0 atom stereocenters. The van der Waals surface area contributed by atoms with E-state index in [1.807, 2.05) is 31.2 Å². The topological polar surface area (TPSA) is 43.1 Å². The van der Waals surface area contributed by atoms with E-state index in [1.165, 1.54) is 5.56 Å². The van der Waals surface area contributed by atoms with E-state index in [1.54, 1.807) is 0 Å². The van der Waals surface area contributed by atoms with Gasteiger partial charge in [0.25, 0.3) is 0 Å². The number of nitrogen functional groups attached to an aromatic ring is 1. The number of hydrogen-bond donors (Lipinski definition) is 1. The molecule has 0 saturated heterocycles. The molecule has 1 aromatic rings. The van der Waals surface area contributed by atoms with Crippen molar-refractivity contribution in [2.75, 3.05) is 5.73 Å². The summed E-state index contributed by atoms with van der Waals surface area (Å²) in [4.78, 5) is 11.3. The lowest BCUT2D eigenvalue weighted by atomic mass is 10.1. The molecule has 2 N–H and O–H groups in total. The predicted molar refractivity (Wildman–Crippen MR) is 59.1 cm³/mol. The standard InChI is InChI=1S/C12H17NO/c1-2-3-12(14)9-6-10-4-7-11(13)8-5-10/h4-5,7-8H,2-3,6,9,13H2,1H3. The minimum atomic E-state index is 0.351. The van der Waals surface area contributed by atoms with Gasteiger partial charge >= 0.3 is 0 Å². The van der Waals surface area contributed by atoms with Crippen LogP contribution in [0.4, 0.5) is 5.69 Å². The molecule has 14 heavy (non-hydrogen) atoms. The Morgan fingerprint density at radius 1 is 1.21 bits per heavy atom. The summed E-state index contributed by atoms with van der Waals surface area (Å²) >= 11 is 0. The lowest BCUT2D eigenvalue weighted by molar-refractivity contribution is -0.119. The van der Waals surface area contributed by atoms with Gasteiger partial charge in [-0.15, -0.1) is 0 Å². The largest absolute Gasteiger partial charge is 0.399 e. The van der Waals surface area contributed by atoms with Gasteiger partial charge in [-0.25, -0.2) is 0 Å². The molecule has 76 valence electrons. The minimum absolute atomic E-state index is 0.351. The summed E-state index contributed by atoms with van der Waals surface area (Å²) in [5.74, 6) is 0.351. The second kappa shape index (κ2) is 5.43. The van der Waals surface area contributed by atoms with Gasteiger partial charge < -0.3 is 5.73 Å². The summed E-state index contributed by atoms with van der Waals surface area (Å²) in [5, 5.41) is 0. The number of benzene rings is 1. The van der Waals surface area contributed by atoms with Crippen LogP contribution in [0.2, 0.25) is 0 Å². The van der Waals surface area contributed by atoms with Gasteiger partial charge in [0, 0.05) is 18.5 Å². The lowest BCUT2D eigenvalue weighted by Crippen LogP contribution is -1.99. The van der Waals surface area contributed by atoms with E-state index in [2.05, 4.69) is 0 Å². The first kappa shape index (κ1) is 10.8. The third kappa shape index (κ3) is 3.60. The maximum Gasteiger partial charge on any atom is 0.133 e. The molecule has 0 spiro atoms. The number of aryl methyl sites for hydroxylation is 1. The number of carbonyl (C=O) groups excluding carboxylic acids is 1. The quantitative estimate of drug-likeness (QED) is 0.727. The molecule has 0 saturated carbocycles. The van der Waals surface area contributed by atoms with Gasteiger partial charge in [0.05, 0.1) is 0 Å². The number of hydrogen-bond acceptors (Lipinski definition) is 2. The molecule has 0 aromatic heterocycles. The Morgan fingerprint density at radius 3 is 2.43 bits per heavy atom. The molecule has 0 radical (unpaired) electrons. The van der Waals surface area contributed by atoms with E-state index in [9.17, 15) is 4.79 Å². The fourth-order valence-corrected chi connectivity index (χ4v) is 1.37. The highest BCUT2D eigenvalue weighted by Crippen LogP contribution is 2.08. The number of nitrogens with two attached hydrogens (primary N) is 1. The Hall–Kier alpha value is -1.31. The average molecular weight is 191 g/mol. The first-order valence-corrected chi connectivity index (χ1v) is 5.08. The van der Waals surface area contributed by atoms with Crippen molar-refractivity contribution in [3.8, 4) is 0 Å². The first-order valence-electron chi connectivity index (χ1n) is 5.08. The Bertz CT molecular complexity index is 290. The second-order valence-electron chi connectivity index (χ2n) is 3.53. The summed E-state index contributed by atoms with van der Waals surface area (Å²) in [7, 11) is 0. The second-order valence-corrected chi connectivity index (χ2v) is 3.53. The zero-order valence-electron chi connectivity index (χ0n) is 8.62. The van der Waals surface area contributed by atoms with Crippen LogP contribution in [-0.4, -0.2) is 5.78 Å². The van der Waals surface area contributed by atoms with Crippen LogP contribution >= 0.6 is 0 Å². The van der Waals surface area contributed by atoms with Crippen molar-refractivity contribution < 1.29 is 4.79 Å². The molecular weight excluding hydrogens is 174 g/mol. The molecular formula is C12H17NO. The molecule has 0 fully saturated rings. The van der Waals surface area contributed by atoms with Crippen LogP contribution in [0, 0.1) is 0 Å². The number of rotatable bonds is 5. The summed E-state index contributed by atoms with van der Waals surface area (Å²) in [6, 6.07) is 7.71. The van der Waals surface area contributed by atoms with Crippen LogP contribution in [0.25, 0.3) is 0 Å². The van der Waals surface area contributed by atoms with E-state index in [0.717, 1.165) is 18.5 Å². The third-order valence-electron chi connectivity index (χ3n) is 2.20. The highest BCUT2D eigenvalue weighted by atomic mass is 16.1. The van der Waals surface area contributed by atoms with E-state index in [4.69, 9.17) is 5.73 Å². The molecule has 0 heterocycles. The van der Waals surface area contributed by atoms with E-state index in [0.29, 0.717) is 18.6 Å². The molecule has 0 unspecified atom stereocenters. The Kier molecular flexibility index (Phi) is 4.17. The molecule has 2 nitrogen and oxygen atoms in total. The van der Waals surface area contributed by atoms with Gasteiger partial charge in [-0.2, -0.15) is 0 Å². The first-order chi connectivity index (χ1) is 6.72. The molecule has 1 aromatic carbocycles. The van der Waals surface area contributed by atoms with Crippen LogP contribution in [0.15, 0.2) is 24.3 Å². The molecule has 0 aliphatic carbocycles. The summed E-state index contributed by atoms with van der Waals surface area (Å²) in [6.45, 7) is 2.03. The van der Waals surface area contributed by atoms with Gasteiger partial charge in [0.15, 0.2) is 0 Å². The molecule has 1 rings (SSSR count). The number of anilines is 1. The highest BCUT2D eigenvalue weighted by Gasteiger charge is 2.00. The Labute approximate surface area is 85.1 Å². The van der Waals surface area contributed by atoms with Crippen molar-refractivity contribution in [3.63, 3.8) is 0 Å². The summed E-state index contributed by atoms with van der Waals surface area (Å²) in [6.07, 6.45) is 3.13. The average Bonchev–Trinajstić information content (AvgIpc) is 2.17. The third-order valence-corrected chi connectivity index (χ3v) is 2.20. The molecule has 0 amide bonds.